The van der Waals surface area contributed by atoms with Crippen molar-refractivity contribution in [3.63, 3.8) is 0 Å². The van der Waals surface area contributed by atoms with Crippen LogP contribution in [0.5, 0.6) is 0 Å². The number of carbonyl (C=O) groups is 1. The number of aromatic amines is 1. The quantitative estimate of drug-likeness (QED) is 0.906. The number of urea groups is 1. The SMILES string of the molecule is Cc1ccc(C2CCN(C(=O)NCc3ccc(=O)[nH]n3)C2)c(C)c1. The van der Waals surface area contributed by atoms with Crippen LogP contribution in [0, 0.1) is 13.8 Å². The standard InChI is InChI=1S/C18H22N4O2/c1-12-3-5-16(13(2)9-12)14-7-8-22(11-14)18(24)19-10-15-4-6-17(23)21-20-15/h3-6,9,14H,7-8,10-11H2,1-2H3,(H,19,24)(H,21,23). The zero-order valence-electron chi connectivity index (χ0n) is 14.0. The number of hydrogen-bond donors (Lipinski definition) is 2. The van der Waals surface area contributed by atoms with Crippen molar-refractivity contribution < 1.29 is 4.79 Å². The molecular formula is C18H22N4O2. The Morgan fingerprint density at radius 3 is 2.88 bits per heavy atom. The van der Waals surface area contributed by atoms with E-state index >= 15 is 0 Å². The van der Waals surface area contributed by atoms with Crippen molar-refractivity contribution in [1.29, 1.82) is 0 Å². The second-order valence-electron chi connectivity index (χ2n) is 6.36. The molecule has 0 aliphatic carbocycles. The van der Waals surface area contributed by atoms with Gasteiger partial charge in [0.15, 0.2) is 0 Å². The molecule has 0 bridgehead atoms. The number of amides is 2. The maximum Gasteiger partial charge on any atom is 0.317 e. The van der Waals surface area contributed by atoms with Gasteiger partial charge < -0.3 is 10.2 Å². The van der Waals surface area contributed by atoms with Gasteiger partial charge in [0.1, 0.15) is 0 Å². The molecule has 1 aromatic carbocycles. The number of nitrogens with zero attached hydrogens (tertiary/aromatic N) is 2. The zero-order chi connectivity index (χ0) is 17.1. The lowest BCUT2D eigenvalue weighted by Crippen LogP contribution is -2.38. The maximum atomic E-state index is 12.3. The molecule has 0 spiro atoms. The number of hydrogen-bond acceptors (Lipinski definition) is 3. The molecule has 3 rings (SSSR count). The molecule has 2 heterocycles. The Balaban J connectivity index is 1.57. The van der Waals surface area contributed by atoms with Gasteiger partial charge in [-0.2, -0.15) is 5.10 Å². The van der Waals surface area contributed by atoms with E-state index in [1.165, 1.54) is 22.8 Å². The average molecular weight is 326 g/mol. The van der Waals surface area contributed by atoms with Crippen LogP contribution in [0.3, 0.4) is 0 Å². The second-order valence-corrected chi connectivity index (χ2v) is 6.36. The normalized spacial score (nSPS) is 17.1. The van der Waals surface area contributed by atoms with Gasteiger partial charge >= 0.3 is 6.03 Å². The maximum absolute atomic E-state index is 12.3. The minimum atomic E-state index is -0.249. The molecule has 0 radical (unpaired) electrons. The molecule has 1 aromatic heterocycles. The van der Waals surface area contributed by atoms with E-state index in [2.05, 4.69) is 47.6 Å². The van der Waals surface area contributed by atoms with Crippen molar-refractivity contribution in [3.8, 4) is 0 Å². The highest BCUT2D eigenvalue weighted by atomic mass is 16.2. The molecule has 1 fully saturated rings. The van der Waals surface area contributed by atoms with E-state index in [9.17, 15) is 9.59 Å². The van der Waals surface area contributed by atoms with E-state index in [1.54, 1.807) is 6.07 Å². The van der Waals surface area contributed by atoms with Crippen molar-refractivity contribution in [2.75, 3.05) is 13.1 Å². The largest absolute Gasteiger partial charge is 0.332 e. The number of rotatable bonds is 3. The van der Waals surface area contributed by atoms with Crippen LogP contribution in [0.4, 0.5) is 4.79 Å². The monoisotopic (exact) mass is 326 g/mol. The fraction of sp³-hybridized carbons (Fsp3) is 0.389. The van der Waals surface area contributed by atoms with E-state index in [0.29, 0.717) is 18.2 Å². The summed E-state index contributed by atoms with van der Waals surface area (Å²) in [5.41, 5.74) is 4.27. The van der Waals surface area contributed by atoms with Crippen LogP contribution in [0.15, 0.2) is 35.1 Å². The number of carbonyl (C=O) groups excluding carboxylic acids is 1. The van der Waals surface area contributed by atoms with Gasteiger partial charge in [-0.3, -0.25) is 4.79 Å². The molecule has 2 aromatic rings. The highest BCUT2D eigenvalue weighted by Gasteiger charge is 2.28. The molecule has 2 N–H and O–H groups in total. The molecule has 1 unspecified atom stereocenters. The van der Waals surface area contributed by atoms with Gasteiger partial charge in [-0.05, 0) is 37.5 Å². The molecule has 6 nitrogen and oxygen atoms in total. The Bertz CT molecular complexity index is 779. The predicted molar refractivity (Wildman–Crippen MR) is 91.9 cm³/mol. The first-order valence-corrected chi connectivity index (χ1v) is 8.17. The van der Waals surface area contributed by atoms with Crippen molar-refractivity contribution in [2.24, 2.45) is 0 Å². The number of aromatic nitrogens is 2. The van der Waals surface area contributed by atoms with Crippen molar-refractivity contribution >= 4 is 6.03 Å². The molecule has 24 heavy (non-hydrogen) atoms. The summed E-state index contributed by atoms with van der Waals surface area (Å²) < 4.78 is 0. The summed E-state index contributed by atoms with van der Waals surface area (Å²) in [5, 5.41) is 9.11. The number of nitrogens with one attached hydrogen (secondary N) is 2. The summed E-state index contributed by atoms with van der Waals surface area (Å²) in [7, 11) is 0. The minimum Gasteiger partial charge on any atom is -0.332 e. The first-order chi connectivity index (χ1) is 11.5. The van der Waals surface area contributed by atoms with E-state index in [0.717, 1.165) is 19.5 Å². The van der Waals surface area contributed by atoms with E-state index in [-0.39, 0.29) is 11.6 Å². The molecule has 2 amide bonds. The average Bonchev–Trinajstić information content (AvgIpc) is 3.04. The number of benzene rings is 1. The van der Waals surface area contributed by atoms with Gasteiger partial charge in [0.25, 0.3) is 5.56 Å². The molecular weight excluding hydrogens is 304 g/mol. The Hall–Kier alpha value is -2.63. The van der Waals surface area contributed by atoms with Crippen LogP contribution in [0.1, 0.15) is 34.7 Å². The van der Waals surface area contributed by atoms with E-state index < -0.39 is 0 Å². The molecule has 126 valence electrons. The number of likely N-dealkylation sites (tertiary alicyclic amines) is 1. The van der Waals surface area contributed by atoms with E-state index in [4.69, 9.17) is 0 Å². The van der Waals surface area contributed by atoms with E-state index in [1.807, 2.05) is 4.90 Å². The fourth-order valence-electron chi connectivity index (χ4n) is 3.23. The zero-order valence-corrected chi connectivity index (χ0v) is 14.0. The minimum absolute atomic E-state index is 0.0877. The fourth-order valence-corrected chi connectivity index (χ4v) is 3.23. The lowest BCUT2D eigenvalue weighted by molar-refractivity contribution is 0.207. The second kappa shape index (κ2) is 6.86. The Kier molecular flexibility index (Phi) is 4.64. The van der Waals surface area contributed by atoms with Crippen LogP contribution in [-0.4, -0.2) is 34.2 Å². The molecule has 1 saturated heterocycles. The van der Waals surface area contributed by atoms with Gasteiger partial charge in [-0.15, -0.1) is 0 Å². The number of H-pyrrole nitrogens is 1. The first kappa shape index (κ1) is 16.2. The third kappa shape index (κ3) is 3.64. The van der Waals surface area contributed by atoms with Crippen LogP contribution in [0.2, 0.25) is 0 Å². The van der Waals surface area contributed by atoms with Gasteiger partial charge in [0.2, 0.25) is 0 Å². The van der Waals surface area contributed by atoms with Crippen LogP contribution < -0.4 is 10.9 Å². The summed E-state index contributed by atoms with van der Waals surface area (Å²) in [6.07, 6.45) is 0.980. The van der Waals surface area contributed by atoms with Crippen molar-refractivity contribution in [1.82, 2.24) is 20.4 Å². The summed E-state index contributed by atoms with van der Waals surface area (Å²) in [6, 6.07) is 9.44. The number of aryl methyl sites for hydroxylation is 2. The smallest absolute Gasteiger partial charge is 0.317 e. The Morgan fingerprint density at radius 2 is 2.17 bits per heavy atom. The summed E-state index contributed by atoms with van der Waals surface area (Å²) in [4.78, 5) is 25.1. The van der Waals surface area contributed by atoms with Crippen LogP contribution >= 0.6 is 0 Å². The van der Waals surface area contributed by atoms with Gasteiger partial charge in [-0.1, -0.05) is 23.8 Å². The summed E-state index contributed by atoms with van der Waals surface area (Å²) in [5.74, 6) is 0.391. The van der Waals surface area contributed by atoms with Crippen molar-refractivity contribution in [2.45, 2.75) is 32.7 Å². The molecule has 0 saturated carbocycles. The molecule has 1 atom stereocenters. The highest BCUT2D eigenvalue weighted by Crippen LogP contribution is 2.29. The van der Waals surface area contributed by atoms with Gasteiger partial charge in [0, 0.05) is 25.1 Å². The van der Waals surface area contributed by atoms with Crippen LogP contribution in [-0.2, 0) is 6.54 Å². The Labute approximate surface area is 140 Å². The Morgan fingerprint density at radius 1 is 1.33 bits per heavy atom. The van der Waals surface area contributed by atoms with Gasteiger partial charge in [-0.25, -0.2) is 9.89 Å². The van der Waals surface area contributed by atoms with Gasteiger partial charge in [0.05, 0.1) is 12.2 Å². The molecule has 1 aliphatic rings. The third-order valence-electron chi connectivity index (χ3n) is 4.50. The predicted octanol–water partition coefficient (Wildman–Crippen LogP) is 2.09. The summed E-state index contributed by atoms with van der Waals surface area (Å²) in [6.45, 7) is 6.01. The molecule has 6 heteroatoms. The van der Waals surface area contributed by atoms with Crippen LogP contribution in [0.25, 0.3) is 0 Å². The lowest BCUT2D eigenvalue weighted by Gasteiger charge is -2.18. The summed E-state index contributed by atoms with van der Waals surface area (Å²) >= 11 is 0. The topological polar surface area (TPSA) is 78.1 Å². The first-order valence-electron chi connectivity index (χ1n) is 8.17. The highest BCUT2D eigenvalue weighted by molar-refractivity contribution is 5.74. The van der Waals surface area contributed by atoms with Crippen molar-refractivity contribution in [3.05, 3.63) is 63.1 Å². The lowest BCUT2D eigenvalue weighted by atomic mass is 9.93. The third-order valence-corrected chi connectivity index (χ3v) is 4.50. The molecule has 1 aliphatic heterocycles.